The number of rotatable bonds is 4. The number of carbonyl (C=O) groups is 2. The summed E-state index contributed by atoms with van der Waals surface area (Å²) < 4.78 is 32.4. The minimum Gasteiger partial charge on any atom is -0.364 e. The fraction of sp³-hybridized carbons (Fsp3) is 0.200. The molecule has 1 aromatic carbocycles. The van der Waals surface area contributed by atoms with Crippen molar-refractivity contribution in [3.05, 3.63) is 50.7 Å². The number of hydrogen-bond donors (Lipinski definition) is 1. The summed E-state index contributed by atoms with van der Waals surface area (Å²) in [6.45, 7) is 1.14. The largest absolute Gasteiger partial charge is 0.364 e. The molecule has 0 spiro atoms. The maximum absolute atomic E-state index is 13.9. The van der Waals surface area contributed by atoms with E-state index >= 15 is 0 Å². The molecule has 0 fully saturated rings. The molecule has 0 bridgehead atoms. The third-order valence-electron chi connectivity index (χ3n) is 3.09. The highest BCUT2D eigenvalue weighted by atomic mass is 35.5. The number of halogens is 3. The van der Waals surface area contributed by atoms with Crippen LogP contribution in [0.3, 0.4) is 0 Å². The van der Waals surface area contributed by atoms with E-state index in [1.807, 2.05) is 0 Å². The summed E-state index contributed by atoms with van der Waals surface area (Å²) in [6, 6.07) is 2.74. The van der Waals surface area contributed by atoms with E-state index in [0.717, 1.165) is 17.4 Å². The summed E-state index contributed by atoms with van der Waals surface area (Å²) >= 11 is 6.66. The molecule has 1 aromatic heterocycles. The van der Waals surface area contributed by atoms with E-state index in [4.69, 9.17) is 16.3 Å². The highest BCUT2D eigenvalue weighted by Gasteiger charge is 2.28. The lowest BCUT2D eigenvalue weighted by Gasteiger charge is -2.21. The van der Waals surface area contributed by atoms with Gasteiger partial charge in [0.15, 0.2) is 5.13 Å². The number of nitrogens with one attached hydrogen (secondary N) is 1. The van der Waals surface area contributed by atoms with Crippen LogP contribution < -0.4 is 5.32 Å². The Morgan fingerprint density at radius 3 is 2.62 bits per heavy atom. The molecular formula is C15H13ClF2N2O3S. The standard InChI is InChI=1S/C15H13ClF2N2O3S/c1-8-6-24-13(18)12(8)19-15(22)20(7-23-2)14(21)11-9(16)4-3-5-10(11)17/h3-6H,7H2,1-2H3,(H,19,22). The summed E-state index contributed by atoms with van der Waals surface area (Å²) in [6.07, 6.45) is 0. The maximum atomic E-state index is 13.9. The van der Waals surface area contributed by atoms with Crippen LogP contribution in [-0.4, -0.2) is 30.7 Å². The molecule has 1 heterocycles. The van der Waals surface area contributed by atoms with Gasteiger partial charge in [0.25, 0.3) is 5.91 Å². The molecule has 0 aliphatic heterocycles. The van der Waals surface area contributed by atoms with Gasteiger partial charge >= 0.3 is 6.03 Å². The summed E-state index contributed by atoms with van der Waals surface area (Å²) in [7, 11) is 1.26. The number of benzene rings is 1. The van der Waals surface area contributed by atoms with Gasteiger partial charge in [0.05, 0.1) is 16.3 Å². The first-order chi connectivity index (χ1) is 11.4. The molecule has 5 nitrogen and oxygen atoms in total. The molecule has 0 radical (unpaired) electrons. The second-order valence-electron chi connectivity index (χ2n) is 4.75. The predicted octanol–water partition coefficient (Wildman–Crippen LogP) is 4.27. The number of methoxy groups -OCH3 is 1. The van der Waals surface area contributed by atoms with E-state index in [2.05, 4.69) is 5.32 Å². The van der Waals surface area contributed by atoms with Gasteiger partial charge in [0.2, 0.25) is 0 Å². The van der Waals surface area contributed by atoms with Crippen LogP contribution in [0, 0.1) is 17.9 Å². The van der Waals surface area contributed by atoms with Crippen molar-refractivity contribution >= 4 is 40.6 Å². The lowest BCUT2D eigenvalue weighted by molar-refractivity contribution is 0.0552. The fourth-order valence-corrected chi connectivity index (χ4v) is 2.88. The van der Waals surface area contributed by atoms with Crippen LogP contribution in [0.1, 0.15) is 15.9 Å². The lowest BCUT2D eigenvalue weighted by atomic mass is 10.2. The minimum atomic E-state index is -0.995. The fourth-order valence-electron chi connectivity index (χ4n) is 1.91. The highest BCUT2D eigenvalue weighted by molar-refractivity contribution is 7.08. The Kier molecular flexibility index (Phi) is 5.87. The first kappa shape index (κ1) is 18.3. The van der Waals surface area contributed by atoms with Crippen molar-refractivity contribution in [2.45, 2.75) is 6.92 Å². The summed E-state index contributed by atoms with van der Waals surface area (Å²) in [5, 5.41) is 3.06. The Morgan fingerprint density at radius 2 is 2.08 bits per heavy atom. The number of thiophene rings is 1. The molecule has 24 heavy (non-hydrogen) atoms. The Hall–Kier alpha value is -2.03. The number of nitrogens with zero attached hydrogens (tertiary/aromatic N) is 1. The monoisotopic (exact) mass is 374 g/mol. The van der Waals surface area contributed by atoms with Gasteiger partial charge in [0.1, 0.15) is 12.5 Å². The molecule has 0 saturated heterocycles. The van der Waals surface area contributed by atoms with Crippen LogP contribution in [-0.2, 0) is 4.74 Å². The van der Waals surface area contributed by atoms with Crippen molar-refractivity contribution in [2.75, 3.05) is 19.2 Å². The van der Waals surface area contributed by atoms with Gasteiger partial charge in [-0.15, -0.1) is 11.3 Å². The quantitative estimate of drug-likeness (QED) is 0.813. The van der Waals surface area contributed by atoms with Crippen molar-refractivity contribution in [2.24, 2.45) is 0 Å². The Morgan fingerprint density at radius 1 is 1.38 bits per heavy atom. The minimum absolute atomic E-state index is 0.0430. The van der Waals surface area contributed by atoms with E-state index in [0.29, 0.717) is 10.5 Å². The zero-order chi connectivity index (χ0) is 17.9. The molecular weight excluding hydrogens is 362 g/mol. The van der Waals surface area contributed by atoms with Crippen LogP contribution in [0.15, 0.2) is 23.6 Å². The molecule has 3 amide bonds. The second kappa shape index (κ2) is 7.69. The Bertz CT molecular complexity index is 742. The SMILES string of the molecule is COCN(C(=O)Nc1c(C)csc1F)C(=O)c1c(F)cccc1Cl. The average Bonchev–Trinajstić information content (AvgIpc) is 2.84. The van der Waals surface area contributed by atoms with E-state index in [9.17, 15) is 18.4 Å². The van der Waals surface area contributed by atoms with Crippen LogP contribution >= 0.6 is 22.9 Å². The van der Waals surface area contributed by atoms with E-state index in [1.54, 1.807) is 6.92 Å². The predicted molar refractivity (Wildman–Crippen MR) is 87.5 cm³/mol. The normalized spacial score (nSPS) is 10.5. The second-order valence-corrected chi connectivity index (χ2v) is 5.98. The topological polar surface area (TPSA) is 58.6 Å². The van der Waals surface area contributed by atoms with Gasteiger partial charge in [-0.1, -0.05) is 17.7 Å². The molecule has 0 saturated carbocycles. The number of aryl methyl sites for hydroxylation is 1. The zero-order valence-electron chi connectivity index (χ0n) is 12.7. The van der Waals surface area contributed by atoms with Gasteiger partial charge in [0, 0.05) is 7.11 Å². The molecule has 2 aromatic rings. The zero-order valence-corrected chi connectivity index (χ0v) is 14.3. The number of hydrogen-bond acceptors (Lipinski definition) is 4. The first-order valence-corrected chi connectivity index (χ1v) is 7.92. The molecule has 128 valence electrons. The first-order valence-electron chi connectivity index (χ1n) is 6.66. The third kappa shape index (κ3) is 3.72. The third-order valence-corrected chi connectivity index (χ3v) is 4.28. The molecule has 0 aliphatic rings. The van der Waals surface area contributed by atoms with Crippen LogP contribution in [0.4, 0.5) is 19.3 Å². The number of urea groups is 1. The van der Waals surface area contributed by atoms with Crippen LogP contribution in [0.25, 0.3) is 0 Å². The average molecular weight is 375 g/mol. The number of carbonyl (C=O) groups excluding carboxylic acids is 2. The van der Waals surface area contributed by atoms with Crippen LogP contribution in [0.5, 0.6) is 0 Å². The molecule has 1 N–H and O–H groups in total. The lowest BCUT2D eigenvalue weighted by Crippen LogP contribution is -2.41. The number of imide groups is 1. The van der Waals surface area contributed by atoms with Gasteiger partial charge in [-0.05, 0) is 30.0 Å². The van der Waals surface area contributed by atoms with E-state index in [-0.39, 0.29) is 10.7 Å². The van der Waals surface area contributed by atoms with Gasteiger partial charge < -0.3 is 10.1 Å². The molecule has 9 heteroatoms. The summed E-state index contributed by atoms with van der Waals surface area (Å²) in [4.78, 5) is 25.4. The van der Waals surface area contributed by atoms with Crippen molar-refractivity contribution < 1.29 is 23.1 Å². The number of amides is 3. The van der Waals surface area contributed by atoms with Crippen molar-refractivity contribution in [3.8, 4) is 0 Å². The summed E-state index contributed by atoms with van der Waals surface area (Å²) in [5.41, 5.74) is -0.00740. The van der Waals surface area contributed by atoms with E-state index in [1.165, 1.54) is 24.6 Å². The van der Waals surface area contributed by atoms with Crippen molar-refractivity contribution in [3.63, 3.8) is 0 Å². The Balaban J connectivity index is 2.31. The highest BCUT2D eigenvalue weighted by Crippen LogP contribution is 2.26. The molecule has 0 atom stereocenters. The van der Waals surface area contributed by atoms with Gasteiger partial charge in [-0.2, -0.15) is 4.39 Å². The molecule has 0 aliphatic carbocycles. The summed E-state index contributed by atoms with van der Waals surface area (Å²) in [5.74, 6) is -1.87. The van der Waals surface area contributed by atoms with Crippen molar-refractivity contribution in [1.29, 1.82) is 0 Å². The maximum Gasteiger partial charge on any atom is 0.330 e. The Labute approximate surface area is 145 Å². The molecule has 0 unspecified atom stereocenters. The number of ether oxygens (including phenoxy) is 1. The van der Waals surface area contributed by atoms with E-state index < -0.39 is 35.2 Å². The van der Waals surface area contributed by atoms with Gasteiger partial charge in [-0.3, -0.25) is 4.79 Å². The number of anilines is 1. The molecule has 2 rings (SSSR count). The van der Waals surface area contributed by atoms with Gasteiger partial charge in [-0.25, -0.2) is 14.1 Å². The van der Waals surface area contributed by atoms with Crippen molar-refractivity contribution in [1.82, 2.24) is 4.90 Å². The smallest absolute Gasteiger partial charge is 0.330 e. The van der Waals surface area contributed by atoms with Crippen LogP contribution in [0.2, 0.25) is 5.02 Å².